The molecule has 0 unspecified atom stereocenters. The summed E-state index contributed by atoms with van der Waals surface area (Å²) >= 11 is 0. The minimum atomic E-state index is -0.0525. The number of amides is 1. The van der Waals surface area contributed by atoms with Crippen LogP contribution in [0.3, 0.4) is 0 Å². The molecule has 17 heavy (non-hydrogen) atoms. The summed E-state index contributed by atoms with van der Waals surface area (Å²) in [5.74, 6) is -0.0525. The van der Waals surface area contributed by atoms with Crippen LogP contribution in [0.2, 0.25) is 0 Å². The van der Waals surface area contributed by atoms with Crippen LogP contribution in [-0.4, -0.2) is 48.2 Å². The van der Waals surface area contributed by atoms with E-state index in [4.69, 9.17) is 0 Å². The van der Waals surface area contributed by atoms with E-state index >= 15 is 0 Å². The molecule has 0 aliphatic carbocycles. The number of benzene rings is 1. The fraction of sp³-hybridized carbons (Fsp3) is 0.333. The van der Waals surface area contributed by atoms with Crippen molar-refractivity contribution in [1.82, 2.24) is 20.4 Å². The van der Waals surface area contributed by atoms with E-state index < -0.39 is 0 Å². The van der Waals surface area contributed by atoms with Gasteiger partial charge in [-0.15, -0.1) is 0 Å². The average Bonchev–Trinajstić information content (AvgIpc) is 2.75. The van der Waals surface area contributed by atoms with Crippen LogP contribution in [0.4, 0.5) is 0 Å². The number of rotatable bonds is 4. The molecule has 0 saturated carbocycles. The summed E-state index contributed by atoms with van der Waals surface area (Å²) in [7, 11) is 3.95. The molecule has 0 bridgehead atoms. The van der Waals surface area contributed by atoms with Crippen LogP contribution >= 0.6 is 0 Å². The molecule has 1 aromatic heterocycles. The van der Waals surface area contributed by atoms with Crippen molar-refractivity contribution in [3.8, 4) is 0 Å². The van der Waals surface area contributed by atoms with E-state index in [9.17, 15) is 4.79 Å². The van der Waals surface area contributed by atoms with E-state index in [1.165, 1.54) is 0 Å². The van der Waals surface area contributed by atoms with Crippen LogP contribution in [0.5, 0.6) is 0 Å². The molecule has 1 heterocycles. The van der Waals surface area contributed by atoms with Crippen molar-refractivity contribution in [2.45, 2.75) is 0 Å². The molecule has 2 N–H and O–H groups in total. The average molecular weight is 232 g/mol. The fourth-order valence-electron chi connectivity index (χ4n) is 1.57. The van der Waals surface area contributed by atoms with Crippen molar-refractivity contribution in [3.63, 3.8) is 0 Å². The van der Waals surface area contributed by atoms with Crippen LogP contribution < -0.4 is 5.32 Å². The van der Waals surface area contributed by atoms with E-state index in [-0.39, 0.29) is 5.91 Å². The number of carbonyl (C=O) groups excluding carboxylic acids is 1. The first-order valence-electron chi connectivity index (χ1n) is 5.53. The second kappa shape index (κ2) is 4.97. The van der Waals surface area contributed by atoms with E-state index in [1.807, 2.05) is 37.2 Å². The Morgan fingerprint density at radius 1 is 1.47 bits per heavy atom. The topological polar surface area (TPSA) is 61.0 Å². The second-order valence-electron chi connectivity index (χ2n) is 4.23. The lowest BCUT2D eigenvalue weighted by Crippen LogP contribution is -2.31. The van der Waals surface area contributed by atoms with Crippen LogP contribution in [0.15, 0.2) is 24.4 Å². The predicted molar refractivity (Wildman–Crippen MR) is 67.0 cm³/mol. The van der Waals surface area contributed by atoms with Crippen molar-refractivity contribution in [3.05, 3.63) is 30.0 Å². The first-order chi connectivity index (χ1) is 8.16. The van der Waals surface area contributed by atoms with E-state index in [0.717, 1.165) is 17.4 Å². The summed E-state index contributed by atoms with van der Waals surface area (Å²) in [5.41, 5.74) is 1.53. The van der Waals surface area contributed by atoms with Gasteiger partial charge in [0, 0.05) is 24.0 Å². The molecule has 0 saturated heterocycles. The number of carbonyl (C=O) groups is 1. The van der Waals surface area contributed by atoms with Gasteiger partial charge in [-0.3, -0.25) is 9.89 Å². The van der Waals surface area contributed by atoms with Gasteiger partial charge in [0.05, 0.1) is 11.7 Å². The Morgan fingerprint density at radius 3 is 3.06 bits per heavy atom. The molecule has 1 aromatic carbocycles. The lowest BCUT2D eigenvalue weighted by molar-refractivity contribution is 0.0951. The van der Waals surface area contributed by atoms with Crippen LogP contribution in [-0.2, 0) is 0 Å². The molecule has 0 aliphatic rings. The Balaban J connectivity index is 2.03. The first kappa shape index (κ1) is 11.6. The van der Waals surface area contributed by atoms with E-state index in [2.05, 4.69) is 15.5 Å². The number of aromatic amines is 1. The quantitative estimate of drug-likeness (QED) is 0.821. The monoisotopic (exact) mass is 232 g/mol. The van der Waals surface area contributed by atoms with Crippen LogP contribution in [0, 0.1) is 0 Å². The smallest absolute Gasteiger partial charge is 0.251 e. The third-order valence-electron chi connectivity index (χ3n) is 2.55. The molecule has 0 spiro atoms. The maximum absolute atomic E-state index is 11.8. The third-order valence-corrected chi connectivity index (χ3v) is 2.55. The van der Waals surface area contributed by atoms with Crippen molar-refractivity contribution >= 4 is 16.8 Å². The Labute approximate surface area is 99.8 Å². The summed E-state index contributed by atoms with van der Waals surface area (Å²) in [6, 6.07) is 5.51. The predicted octanol–water partition coefficient (Wildman–Crippen LogP) is 0.854. The number of nitrogens with zero attached hydrogens (tertiary/aromatic N) is 2. The minimum absolute atomic E-state index is 0.0525. The highest BCUT2D eigenvalue weighted by atomic mass is 16.1. The number of fused-ring (bicyclic) bond motifs is 1. The first-order valence-corrected chi connectivity index (χ1v) is 5.53. The molecule has 2 rings (SSSR count). The van der Waals surface area contributed by atoms with Crippen LogP contribution in [0.25, 0.3) is 10.9 Å². The second-order valence-corrected chi connectivity index (χ2v) is 4.23. The van der Waals surface area contributed by atoms with Gasteiger partial charge in [0.2, 0.25) is 0 Å². The molecule has 0 radical (unpaired) electrons. The van der Waals surface area contributed by atoms with Crippen LogP contribution in [0.1, 0.15) is 10.4 Å². The highest BCUT2D eigenvalue weighted by Gasteiger charge is 2.06. The highest BCUT2D eigenvalue weighted by Crippen LogP contribution is 2.12. The standard InChI is InChI=1S/C12H16N4O/c1-16(2)6-5-13-12(17)9-3-4-10-8-14-15-11(10)7-9/h3-4,7-8H,5-6H2,1-2H3,(H,13,17)(H,14,15). The van der Waals surface area contributed by atoms with Gasteiger partial charge in [0.25, 0.3) is 5.91 Å². The zero-order valence-electron chi connectivity index (χ0n) is 10.0. The lowest BCUT2D eigenvalue weighted by Gasteiger charge is -2.10. The van der Waals surface area contributed by atoms with Gasteiger partial charge in [-0.1, -0.05) is 6.07 Å². The van der Waals surface area contributed by atoms with Crippen molar-refractivity contribution < 1.29 is 4.79 Å². The van der Waals surface area contributed by atoms with Gasteiger partial charge < -0.3 is 10.2 Å². The Bertz CT molecular complexity index is 518. The van der Waals surface area contributed by atoms with Gasteiger partial charge in [0.15, 0.2) is 0 Å². The molecular weight excluding hydrogens is 216 g/mol. The molecule has 2 aromatic rings. The highest BCUT2D eigenvalue weighted by molar-refractivity contribution is 5.97. The van der Waals surface area contributed by atoms with Gasteiger partial charge in [-0.2, -0.15) is 5.10 Å². The molecule has 0 fully saturated rings. The molecular formula is C12H16N4O. The summed E-state index contributed by atoms with van der Waals surface area (Å²) in [6.45, 7) is 1.48. The van der Waals surface area contributed by atoms with Gasteiger partial charge in [-0.25, -0.2) is 0 Å². The number of H-pyrrole nitrogens is 1. The Hall–Kier alpha value is -1.88. The minimum Gasteiger partial charge on any atom is -0.351 e. The molecule has 1 amide bonds. The molecule has 90 valence electrons. The number of hydrogen-bond donors (Lipinski definition) is 2. The number of likely N-dealkylation sites (N-methyl/N-ethyl adjacent to an activating group) is 1. The van der Waals surface area contributed by atoms with Crippen molar-refractivity contribution in [1.29, 1.82) is 0 Å². The summed E-state index contributed by atoms with van der Waals surface area (Å²) in [6.07, 6.45) is 1.74. The zero-order chi connectivity index (χ0) is 12.3. The Morgan fingerprint density at radius 2 is 2.29 bits per heavy atom. The Kier molecular flexibility index (Phi) is 3.39. The summed E-state index contributed by atoms with van der Waals surface area (Å²) < 4.78 is 0. The summed E-state index contributed by atoms with van der Waals surface area (Å²) in [4.78, 5) is 13.9. The molecule has 5 nitrogen and oxygen atoms in total. The maximum atomic E-state index is 11.8. The SMILES string of the molecule is CN(C)CCNC(=O)c1ccc2cn[nH]c2c1. The normalized spacial score (nSPS) is 11.0. The number of hydrogen-bond acceptors (Lipinski definition) is 3. The van der Waals surface area contributed by atoms with E-state index in [0.29, 0.717) is 12.1 Å². The zero-order valence-corrected chi connectivity index (χ0v) is 10.0. The summed E-state index contributed by atoms with van der Waals surface area (Å²) in [5, 5.41) is 10.7. The van der Waals surface area contributed by atoms with Crippen molar-refractivity contribution in [2.24, 2.45) is 0 Å². The largest absolute Gasteiger partial charge is 0.351 e. The molecule has 0 aliphatic heterocycles. The molecule has 0 atom stereocenters. The lowest BCUT2D eigenvalue weighted by atomic mass is 10.1. The third kappa shape index (κ3) is 2.82. The number of nitrogens with one attached hydrogen (secondary N) is 2. The van der Waals surface area contributed by atoms with Gasteiger partial charge in [0.1, 0.15) is 0 Å². The van der Waals surface area contributed by atoms with E-state index in [1.54, 1.807) is 6.20 Å². The van der Waals surface area contributed by atoms with Gasteiger partial charge in [-0.05, 0) is 26.2 Å². The number of aromatic nitrogens is 2. The van der Waals surface area contributed by atoms with Gasteiger partial charge >= 0.3 is 0 Å². The molecule has 5 heteroatoms. The maximum Gasteiger partial charge on any atom is 0.251 e. The van der Waals surface area contributed by atoms with Crippen molar-refractivity contribution in [2.75, 3.05) is 27.2 Å². The fourth-order valence-corrected chi connectivity index (χ4v) is 1.57.